The summed E-state index contributed by atoms with van der Waals surface area (Å²) >= 11 is 1.23. The number of thiophene rings is 1. The summed E-state index contributed by atoms with van der Waals surface area (Å²) in [5.41, 5.74) is 5.73. The molecule has 0 radical (unpaired) electrons. The molecule has 1 fully saturated rings. The highest BCUT2D eigenvalue weighted by Gasteiger charge is 2.26. The molecule has 0 saturated heterocycles. The molecule has 2 atom stereocenters. The van der Waals surface area contributed by atoms with Gasteiger partial charge in [-0.05, 0) is 30.7 Å². The molecule has 0 aliphatic heterocycles. The van der Waals surface area contributed by atoms with Crippen LogP contribution in [-0.2, 0) is 10.0 Å². The van der Waals surface area contributed by atoms with Gasteiger partial charge in [-0.2, -0.15) is 0 Å². The van der Waals surface area contributed by atoms with Gasteiger partial charge in [0, 0.05) is 12.1 Å². The number of hydrogen-bond acceptors (Lipinski definition) is 4. The lowest BCUT2D eigenvalue weighted by atomic mass is 10.2. The zero-order valence-corrected chi connectivity index (χ0v) is 9.85. The third-order valence-electron chi connectivity index (χ3n) is 2.55. The zero-order chi connectivity index (χ0) is 10.9. The van der Waals surface area contributed by atoms with Gasteiger partial charge >= 0.3 is 0 Å². The van der Waals surface area contributed by atoms with Crippen molar-refractivity contribution >= 4 is 21.4 Å². The van der Waals surface area contributed by atoms with E-state index in [0.29, 0.717) is 4.21 Å². The Morgan fingerprint density at radius 1 is 1.47 bits per heavy atom. The van der Waals surface area contributed by atoms with Crippen LogP contribution < -0.4 is 10.5 Å². The van der Waals surface area contributed by atoms with E-state index in [0.717, 1.165) is 19.3 Å². The minimum atomic E-state index is -3.31. The summed E-state index contributed by atoms with van der Waals surface area (Å²) in [6.45, 7) is 0. The maximum Gasteiger partial charge on any atom is 0.250 e. The first-order chi connectivity index (χ1) is 7.08. The molecule has 2 unspecified atom stereocenters. The van der Waals surface area contributed by atoms with Crippen LogP contribution in [0.1, 0.15) is 19.3 Å². The van der Waals surface area contributed by atoms with Crippen molar-refractivity contribution in [3.8, 4) is 0 Å². The van der Waals surface area contributed by atoms with Crippen molar-refractivity contribution in [2.45, 2.75) is 35.6 Å². The molecule has 0 amide bonds. The van der Waals surface area contributed by atoms with Crippen LogP contribution in [0.3, 0.4) is 0 Å². The third-order valence-corrected chi connectivity index (χ3v) is 5.47. The normalized spacial score (nSPS) is 27.0. The van der Waals surface area contributed by atoms with E-state index in [1.807, 2.05) is 0 Å². The van der Waals surface area contributed by atoms with E-state index in [1.165, 1.54) is 11.3 Å². The number of hydrogen-bond donors (Lipinski definition) is 2. The van der Waals surface area contributed by atoms with Gasteiger partial charge in [-0.3, -0.25) is 0 Å². The van der Waals surface area contributed by atoms with Gasteiger partial charge in [0.15, 0.2) is 0 Å². The Hall–Kier alpha value is -0.430. The summed E-state index contributed by atoms with van der Waals surface area (Å²) in [7, 11) is -3.31. The van der Waals surface area contributed by atoms with Crippen molar-refractivity contribution < 1.29 is 8.42 Å². The molecule has 1 aliphatic rings. The van der Waals surface area contributed by atoms with Crippen molar-refractivity contribution in [2.24, 2.45) is 5.73 Å². The molecule has 1 heterocycles. The third kappa shape index (κ3) is 2.57. The maximum absolute atomic E-state index is 11.8. The topological polar surface area (TPSA) is 72.2 Å². The van der Waals surface area contributed by atoms with Crippen LogP contribution in [0, 0.1) is 0 Å². The van der Waals surface area contributed by atoms with Crippen LogP contribution in [0.2, 0.25) is 0 Å². The Bertz CT molecular complexity index is 413. The molecule has 1 aliphatic carbocycles. The molecule has 1 aromatic rings. The first-order valence-electron chi connectivity index (χ1n) is 4.89. The van der Waals surface area contributed by atoms with E-state index >= 15 is 0 Å². The predicted octanol–water partition coefficient (Wildman–Crippen LogP) is 0.906. The van der Waals surface area contributed by atoms with Gasteiger partial charge in [-0.25, -0.2) is 13.1 Å². The van der Waals surface area contributed by atoms with Gasteiger partial charge in [0.2, 0.25) is 10.0 Å². The first-order valence-corrected chi connectivity index (χ1v) is 7.25. The average Bonchev–Trinajstić information content (AvgIpc) is 2.75. The molecule has 0 spiro atoms. The van der Waals surface area contributed by atoms with Gasteiger partial charge in [0.1, 0.15) is 4.21 Å². The lowest BCUT2D eigenvalue weighted by molar-refractivity contribution is 0.550. The van der Waals surface area contributed by atoms with E-state index in [4.69, 9.17) is 5.73 Å². The quantitative estimate of drug-likeness (QED) is 0.832. The molecule has 3 N–H and O–H groups in total. The van der Waals surface area contributed by atoms with E-state index in [2.05, 4.69) is 4.72 Å². The standard InChI is InChI=1S/C9H14N2O2S2/c10-7-3-4-8(6-7)11-15(12,13)9-2-1-5-14-9/h1-2,5,7-8,11H,3-4,6,10H2. The summed E-state index contributed by atoms with van der Waals surface area (Å²) in [6.07, 6.45) is 2.48. The van der Waals surface area contributed by atoms with Crippen molar-refractivity contribution in [1.82, 2.24) is 4.72 Å². The summed E-state index contributed by atoms with van der Waals surface area (Å²) in [5, 5.41) is 1.76. The minimum absolute atomic E-state index is 0.00657. The van der Waals surface area contributed by atoms with Crippen molar-refractivity contribution in [3.63, 3.8) is 0 Å². The van der Waals surface area contributed by atoms with E-state index < -0.39 is 10.0 Å². The second-order valence-electron chi connectivity index (χ2n) is 3.82. The fourth-order valence-corrected chi connectivity index (χ4v) is 4.11. The number of nitrogens with two attached hydrogens (primary N) is 1. The SMILES string of the molecule is NC1CCC(NS(=O)(=O)c2cccs2)C1. The Morgan fingerprint density at radius 3 is 2.80 bits per heavy atom. The van der Waals surface area contributed by atoms with Crippen LogP contribution in [-0.4, -0.2) is 20.5 Å². The van der Waals surface area contributed by atoms with Crippen LogP contribution in [0.25, 0.3) is 0 Å². The van der Waals surface area contributed by atoms with E-state index in [9.17, 15) is 8.42 Å². The highest BCUT2D eigenvalue weighted by Crippen LogP contribution is 2.21. The lowest BCUT2D eigenvalue weighted by Crippen LogP contribution is -2.33. The van der Waals surface area contributed by atoms with Gasteiger partial charge in [0.05, 0.1) is 0 Å². The summed E-state index contributed by atoms with van der Waals surface area (Å²) in [6, 6.07) is 3.50. The summed E-state index contributed by atoms with van der Waals surface area (Å²) in [4.78, 5) is 0. The molecule has 15 heavy (non-hydrogen) atoms. The highest BCUT2D eigenvalue weighted by atomic mass is 32.2. The van der Waals surface area contributed by atoms with Crippen molar-refractivity contribution in [2.75, 3.05) is 0 Å². The number of nitrogens with one attached hydrogen (secondary N) is 1. The Kier molecular flexibility index (Phi) is 3.11. The summed E-state index contributed by atoms with van der Waals surface area (Å²) in [5.74, 6) is 0. The molecule has 0 bridgehead atoms. The monoisotopic (exact) mass is 246 g/mol. The average molecular weight is 246 g/mol. The highest BCUT2D eigenvalue weighted by molar-refractivity contribution is 7.91. The Morgan fingerprint density at radius 2 is 2.27 bits per heavy atom. The molecular weight excluding hydrogens is 232 g/mol. The van der Waals surface area contributed by atoms with Gasteiger partial charge in [0.25, 0.3) is 0 Å². The summed E-state index contributed by atoms with van der Waals surface area (Å²) < 4.78 is 26.7. The minimum Gasteiger partial charge on any atom is -0.328 e. The number of sulfonamides is 1. The Balaban J connectivity index is 2.06. The second-order valence-corrected chi connectivity index (χ2v) is 6.71. The van der Waals surface area contributed by atoms with Gasteiger partial charge < -0.3 is 5.73 Å². The number of rotatable bonds is 3. The van der Waals surface area contributed by atoms with Gasteiger partial charge in [-0.15, -0.1) is 11.3 Å². The molecule has 4 nitrogen and oxygen atoms in total. The molecule has 1 saturated carbocycles. The molecular formula is C9H14N2O2S2. The van der Waals surface area contributed by atoms with Crippen molar-refractivity contribution in [1.29, 1.82) is 0 Å². The van der Waals surface area contributed by atoms with E-state index in [-0.39, 0.29) is 12.1 Å². The maximum atomic E-state index is 11.8. The molecule has 6 heteroatoms. The van der Waals surface area contributed by atoms with Crippen LogP contribution in [0.4, 0.5) is 0 Å². The van der Waals surface area contributed by atoms with Gasteiger partial charge in [-0.1, -0.05) is 6.07 Å². The van der Waals surface area contributed by atoms with Crippen LogP contribution in [0.5, 0.6) is 0 Å². The molecule has 1 aromatic heterocycles. The fourth-order valence-electron chi connectivity index (χ4n) is 1.82. The molecule has 2 rings (SSSR count). The largest absolute Gasteiger partial charge is 0.328 e. The molecule has 0 aromatic carbocycles. The smallest absolute Gasteiger partial charge is 0.250 e. The second kappa shape index (κ2) is 4.21. The predicted molar refractivity (Wildman–Crippen MR) is 60.3 cm³/mol. The van der Waals surface area contributed by atoms with Crippen molar-refractivity contribution in [3.05, 3.63) is 17.5 Å². The lowest BCUT2D eigenvalue weighted by Gasteiger charge is -2.11. The zero-order valence-electron chi connectivity index (χ0n) is 8.22. The fraction of sp³-hybridized carbons (Fsp3) is 0.556. The first kappa shape index (κ1) is 11.1. The Labute approximate surface area is 93.5 Å². The molecule has 84 valence electrons. The van der Waals surface area contributed by atoms with E-state index in [1.54, 1.807) is 17.5 Å². The van der Waals surface area contributed by atoms with Crippen LogP contribution >= 0.6 is 11.3 Å². The van der Waals surface area contributed by atoms with Crippen LogP contribution in [0.15, 0.2) is 21.7 Å².